The van der Waals surface area contributed by atoms with E-state index in [0.717, 1.165) is 11.1 Å². The number of nitrogens with zero attached hydrogens (tertiary/aromatic N) is 1. The van der Waals surface area contributed by atoms with Crippen LogP contribution >= 0.6 is 0 Å². The van der Waals surface area contributed by atoms with Crippen LogP contribution in [0.5, 0.6) is 11.5 Å². The van der Waals surface area contributed by atoms with Crippen LogP contribution in [0.15, 0.2) is 77.8 Å². The Bertz CT molecular complexity index is 1270. The Hall–Kier alpha value is -4.46. The summed E-state index contributed by atoms with van der Waals surface area (Å²) in [6.07, 6.45) is -1.18. The number of fused-ring (bicyclic) bond motifs is 1. The number of carbonyl (C=O) groups is 3. The molecule has 1 unspecified atom stereocenters. The van der Waals surface area contributed by atoms with Crippen molar-refractivity contribution in [2.45, 2.75) is 20.0 Å². The molecule has 4 rings (SSSR count). The number of nitrogens with one attached hydrogen (secondary N) is 2. The summed E-state index contributed by atoms with van der Waals surface area (Å²) in [5.41, 5.74) is 2.93. The second-order valence-electron chi connectivity index (χ2n) is 7.44. The molecule has 3 aromatic rings. The van der Waals surface area contributed by atoms with Crippen LogP contribution in [0.3, 0.4) is 0 Å². The Balaban J connectivity index is 1.69. The molecule has 0 aliphatic carbocycles. The lowest BCUT2D eigenvalue weighted by Gasteiger charge is -2.16. The standard InChI is InChI=1S/C26H23N3O5/c1-3-33-22-15-18(34-16(2)30)13-14-20(22)25(31)29-24-26(32)27-21-12-8-7-11-19(21)23(28-24)17-9-5-4-6-10-17/h4-15,24H,3H2,1-2H3,(H,27,32)(H,29,31). The molecule has 1 heterocycles. The number of benzene rings is 3. The maximum absolute atomic E-state index is 13.2. The van der Waals surface area contributed by atoms with Gasteiger partial charge in [-0.3, -0.25) is 14.4 Å². The molecule has 0 aromatic heterocycles. The van der Waals surface area contributed by atoms with Crippen molar-refractivity contribution in [3.05, 3.63) is 89.5 Å². The zero-order valence-corrected chi connectivity index (χ0v) is 18.7. The molecule has 1 atom stereocenters. The first-order chi connectivity index (χ1) is 16.5. The van der Waals surface area contributed by atoms with E-state index in [0.29, 0.717) is 18.0 Å². The second-order valence-corrected chi connectivity index (χ2v) is 7.44. The van der Waals surface area contributed by atoms with E-state index in [1.54, 1.807) is 13.0 Å². The molecule has 0 radical (unpaired) electrons. The molecular formula is C26H23N3O5. The van der Waals surface area contributed by atoms with Gasteiger partial charge in [0.2, 0.25) is 6.17 Å². The first-order valence-corrected chi connectivity index (χ1v) is 10.8. The maximum atomic E-state index is 13.2. The van der Waals surface area contributed by atoms with Crippen LogP contribution in [0.25, 0.3) is 0 Å². The molecule has 0 bridgehead atoms. The lowest BCUT2D eigenvalue weighted by atomic mass is 10.0. The van der Waals surface area contributed by atoms with Gasteiger partial charge in [0.1, 0.15) is 11.5 Å². The van der Waals surface area contributed by atoms with Gasteiger partial charge in [-0.1, -0.05) is 48.5 Å². The Labute approximate surface area is 196 Å². The number of aliphatic imine (C=N–C) groups is 1. The maximum Gasteiger partial charge on any atom is 0.308 e. The lowest BCUT2D eigenvalue weighted by Crippen LogP contribution is -2.42. The SMILES string of the molecule is CCOc1cc(OC(C)=O)ccc1C(=O)NC1N=C(c2ccccc2)c2ccccc2NC1=O. The largest absolute Gasteiger partial charge is 0.493 e. The van der Waals surface area contributed by atoms with E-state index in [2.05, 4.69) is 15.6 Å². The van der Waals surface area contributed by atoms with Crippen LogP contribution in [0.1, 0.15) is 35.3 Å². The molecule has 3 aromatic carbocycles. The average Bonchev–Trinajstić information content (AvgIpc) is 2.96. The number of anilines is 1. The third-order valence-corrected chi connectivity index (χ3v) is 5.02. The highest BCUT2D eigenvalue weighted by molar-refractivity contribution is 6.20. The van der Waals surface area contributed by atoms with Crippen molar-refractivity contribution in [3.63, 3.8) is 0 Å². The molecule has 0 spiro atoms. The molecule has 0 saturated carbocycles. The normalized spacial score (nSPS) is 14.7. The van der Waals surface area contributed by atoms with Crippen molar-refractivity contribution in [1.29, 1.82) is 0 Å². The van der Waals surface area contributed by atoms with Crippen LogP contribution in [0, 0.1) is 0 Å². The van der Waals surface area contributed by atoms with Gasteiger partial charge >= 0.3 is 5.97 Å². The highest BCUT2D eigenvalue weighted by Crippen LogP contribution is 2.27. The first-order valence-electron chi connectivity index (χ1n) is 10.8. The predicted molar refractivity (Wildman–Crippen MR) is 127 cm³/mol. The van der Waals surface area contributed by atoms with E-state index in [1.807, 2.05) is 48.5 Å². The van der Waals surface area contributed by atoms with Gasteiger partial charge in [-0.25, -0.2) is 4.99 Å². The molecule has 1 aliphatic heterocycles. The Morgan fingerprint density at radius 2 is 1.76 bits per heavy atom. The average molecular weight is 457 g/mol. The highest BCUT2D eigenvalue weighted by Gasteiger charge is 2.28. The topological polar surface area (TPSA) is 106 Å². The van der Waals surface area contributed by atoms with Gasteiger partial charge in [0.05, 0.1) is 23.6 Å². The van der Waals surface area contributed by atoms with E-state index < -0.39 is 23.9 Å². The number of para-hydroxylation sites is 1. The van der Waals surface area contributed by atoms with Crippen LogP contribution in [-0.4, -0.2) is 36.3 Å². The third kappa shape index (κ3) is 4.96. The van der Waals surface area contributed by atoms with Gasteiger partial charge in [0.25, 0.3) is 11.8 Å². The number of rotatable bonds is 6. The van der Waals surface area contributed by atoms with E-state index in [4.69, 9.17) is 9.47 Å². The molecule has 1 aliphatic rings. The molecule has 0 fully saturated rings. The highest BCUT2D eigenvalue weighted by atomic mass is 16.5. The summed E-state index contributed by atoms with van der Waals surface area (Å²) >= 11 is 0. The van der Waals surface area contributed by atoms with Crippen molar-refractivity contribution in [2.24, 2.45) is 4.99 Å². The summed E-state index contributed by atoms with van der Waals surface area (Å²) in [7, 11) is 0. The minimum absolute atomic E-state index is 0.184. The summed E-state index contributed by atoms with van der Waals surface area (Å²) in [5, 5.41) is 5.53. The van der Waals surface area contributed by atoms with Gasteiger partial charge in [0.15, 0.2) is 0 Å². The van der Waals surface area contributed by atoms with Crippen molar-refractivity contribution < 1.29 is 23.9 Å². The molecule has 8 heteroatoms. The van der Waals surface area contributed by atoms with Gasteiger partial charge in [-0.2, -0.15) is 0 Å². The fourth-order valence-corrected chi connectivity index (χ4v) is 3.58. The monoisotopic (exact) mass is 457 g/mol. The number of hydrogen-bond donors (Lipinski definition) is 2. The molecule has 2 N–H and O–H groups in total. The molecule has 34 heavy (non-hydrogen) atoms. The first kappa shape index (κ1) is 22.7. The minimum Gasteiger partial charge on any atom is -0.493 e. The van der Waals surface area contributed by atoms with Crippen molar-refractivity contribution in [3.8, 4) is 11.5 Å². The zero-order valence-electron chi connectivity index (χ0n) is 18.7. The molecule has 172 valence electrons. The van der Waals surface area contributed by atoms with Crippen molar-refractivity contribution >= 4 is 29.2 Å². The second kappa shape index (κ2) is 9.99. The van der Waals surface area contributed by atoms with Gasteiger partial charge in [0, 0.05) is 24.1 Å². The molecular weight excluding hydrogens is 434 g/mol. The minimum atomic E-state index is -1.18. The quantitative estimate of drug-likeness (QED) is 0.435. The van der Waals surface area contributed by atoms with Crippen molar-refractivity contribution in [1.82, 2.24) is 5.32 Å². The van der Waals surface area contributed by atoms with Crippen LogP contribution in [0.2, 0.25) is 0 Å². The fraction of sp³-hybridized carbons (Fsp3) is 0.154. The molecule has 2 amide bonds. The van der Waals surface area contributed by atoms with E-state index in [1.165, 1.54) is 25.1 Å². The molecule has 8 nitrogen and oxygen atoms in total. The van der Waals surface area contributed by atoms with Crippen LogP contribution < -0.4 is 20.1 Å². The summed E-state index contributed by atoms with van der Waals surface area (Å²) in [6, 6.07) is 21.2. The number of benzodiazepines with no additional fused rings is 1. The number of carbonyl (C=O) groups excluding carboxylic acids is 3. The Morgan fingerprint density at radius 3 is 2.50 bits per heavy atom. The van der Waals surface area contributed by atoms with E-state index in [-0.39, 0.29) is 17.1 Å². The number of hydrogen-bond acceptors (Lipinski definition) is 6. The number of ether oxygens (including phenoxy) is 2. The molecule has 0 saturated heterocycles. The van der Waals surface area contributed by atoms with Crippen LogP contribution in [0.4, 0.5) is 5.69 Å². The zero-order chi connectivity index (χ0) is 24.1. The smallest absolute Gasteiger partial charge is 0.308 e. The predicted octanol–water partition coefficient (Wildman–Crippen LogP) is 3.56. The van der Waals surface area contributed by atoms with E-state index in [9.17, 15) is 14.4 Å². The third-order valence-electron chi connectivity index (χ3n) is 5.02. The summed E-state index contributed by atoms with van der Waals surface area (Å²) < 4.78 is 10.7. The van der Waals surface area contributed by atoms with Crippen LogP contribution in [-0.2, 0) is 9.59 Å². The van der Waals surface area contributed by atoms with Gasteiger partial charge < -0.3 is 20.1 Å². The number of esters is 1. The Morgan fingerprint density at radius 1 is 1.03 bits per heavy atom. The summed E-state index contributed by atoms with van der Waals surface area (Å²) in [5.74, 6) is -1.04. The van der Waals surface area contributed by atoms with Crippen molar-refractivity contribution in [2.75, 3.05) is 11.9 Å². The van der Waals surface area contributed by atoms with Gasteiger partial charge in [-0.05, 0) is 25.1 Å². The lowest BCUT2D eigenvalue weighted by molar-refractivity contribution is -0.131. The van der Waals surface area contributed by atoms with E-state index >= 15 is 0 Å². The summed E-state index contributed by atoms with van der Waals surface area (Å²) in [4.78, 5) is 42.1. The van der Waals surface area contributed by atoms with Gasteiger partial charge in [-0.15, -0.1) is 0 Å². The Kier molecular flexibility index (Phi) is 6.68. The fourth-order valence-electron chi connectivity index (χ4n) is 3.58. The number of amides is 2. The summed E-state index contributed by atoms with van der Waals surface area (Å²) in [6.45, 7) is 3.35.